The third kappa shape index (κ3) is 2.19. The van der Waals surface area contributed by atoms with E-state index < -0.39 is 0 Å². The second-order valence-electron chi connectivity index (χ2n) is 4.82. The van der Waals surface area contributed by atoms with Gasteiger partial charge in [0.2, 0.25) is 0 Å². The minimum absolute atomic E-state index is 0.376. The summed E-state index contributed by atoms with van der Waals surface area (Å²) in [4.78, 5) is 7.75. The first-order valence-electron chi connectivity index (χ1n) is 6.23. The third-order valence-electron chi connectivity index (χ3n) is 3.12. The highest BCUT2D eigenvalue weighted by Gasteiger charge is 2.11. The normalized spacial score (nSPS) is 11.3. The van der Waals surface area contributed by atoms with Crippen molar-refractivity contribution in [1.29, 1.82) is 0 Å². The van der Waals surface area contributed by atoms with Crippen LogP contribution in [0, 0.1) is 4.64 Å². The number of rotatable bonds is 2. The van der Waals surface area contributed by atoms with Gasteiger partial charge >= 0.3 is 0 Å². The number of para-hydroxylation sites is 1. The maximum atomic E-state index is 5.55. The van der Waals surface area contributed by atoms with E-state index >= 15 is 0 Å². The van der Waals surface area contributed by atoms with E-state index in [1.54, 1.807) is 6.26 Å². The summed E-state index contributed by atoms with van der Waals surface area (Å²) in [6, 6.07) is 9.82. The molecule has 0 fully saturated rings. The molecule has 1 N–H and O–H groups in total. The number of nitrogens with zero attached hydrogens (tertiary/aromatic N) is 1. The minimum Gasteiger partial charge on any atom is -0.464 e. The summed E-state index contributed by atoms with van der Waals surface area (Å²) in [6.45, 7) is 4.25. The summed E-state index contributed by atoms with van der Waals surface area (Å²) in [5, 5.41) is 1.04. The Morgan fingerprint density at radius 1 is 1.26 bits per heavy atom. The molecule has 0 spiro atoms. The Labute approximate surface area is 116 Å². The lowest BCUT2D eigenvalue weighted by Crippen LogP contribution is -1.97. The number of hydrogen-bond donors (Lipinski definition) is 1. The Morgan fingerprint density at radius 2 is 2.05 bits per heavy atom. The van der Waals surface area contributed by atoms with Crippen molar-refractivity contribution in [2.24, 2.45) is 0 Å². The highest BCUT2D eigenvalue weighted by Crippen LogP contribution is 2.28. The van der Waals surface area contributed by atoms with E-state index in [1.165, 1.54) is 0 Å². The average molecular weight is 270 g/mol. The van der Waals surface area contributed by atoms with Crippen molar-refractivity contribution in [2.75, 3.05) is 0 Å². The van der Waals surface area contributed by atoms with Crippen LogP contribution in [0.15, 0.2) is 41.0 Å². The van der Waals surface area contributed by atoms with Gasteiger partial charge in [-0.05, 0) is 18.1 Å². The standard InChI is InChI=1S/C15H14N2OS/c1-9(2)12-7-14(19)17-15(16-12)11-8-18-13-6-4-3-5-10(11)13/h3-9H,1-2H3,(H,16,17,19). The van der Waals surface area contributed by atoms with Crippen molar-refractivity contribution in [3.63, 3.8) is 0 Å². The van der Waals surface area contributed by atoms with Gasteiger partial charge in [-0.25, -0.2) is 4.98 Å². The molecule has 96 valence electrons. The number of fused-ring (bicyclic) bond motifs is 1. The maximum absolute atomic E-state index is 5.55. The van der Waals surface area contributed by atoms with Crippen LogP contribution in [0.25, 0.3) is 22.4 Å². The highest BCUT2D eigenvalue weighted by atomic mass is 32.1. The van der Waals surface area contributed by atoms with Gasteiger partial charge in [-0.2, -0.15) is 0 Å². The van der Waals surface area contributed by atoms with E-state index in [0.29, 0.717) is 10.6 Å². The van der Waals surface area contributed by atoms with E-state index in [0.717, 1.165) is 28.1 Å². The molecular weight excluding hydrogens is 256 g/mol. The first-order chi connectivity index (χ1) is 9.15. The number of nitrogens with one attached hydrogen (secondary N) is 1. The Kier molecular flexibility index (Phi) is 2.95. The van der Waals surface area contributed by atoms with E-state index in [-0.39, 0.29) is 0 Å². The third-order valence-corrected chi connectivity index (χ3v) is 3.33. The summed E-state index contributed by atoms with van der Waals surface area (Å²) in [6.07, 6.45) is 1.72. The van der Waals surface area contributed by atoms with Crippen LogP contribution in [-0.4, -0.2) is 9.97 Å². The molecule has 3 rings (SSSR count). The van der Waals surface area contributed by atoms with Crippen LogP contribution in [-0.2, 0) is 0 Å². The van der Waals surface area contributed by atoms with Gasteiger partial charge in [-0.3, -0.25) is 0 Å². The van der Waals surface area contributed by atoms with Crippen molar-refractivity contribution >= 4 is 23.2 Å². The molecule has 0 aliphatic heterocycles. The largest absolute Gasteiger partial charge is 0.464 e. The second-order valence-corrected chi connectivity index (χ2v) is 5.24. The number of furan rings is 1. The van der Waals surface area contributed by atoms with Crippen LogP contribution in [0.1, 0.15) is 25.5 Å². The lowest BCUT2D eigenvalue weighted by molar-refractivity contribution is 0.616. The van der Waals surface area contributed by atoms with Gasteiger partial charge in [-0.1, -0.05) is 44.3 Å². The van der Waals surface area contributed by atoms with Gasteiger partial charge in [0.25, 0.3) is 0 Å². The Hall–Kier alpha value is -1.94. The molecule has 2 heterocycles. The first-order valence-corrected chi connectivity index (χ1v) is 6.64. The van der Waals surface area contributed by atoms with Gasteiger partial charge in [0.1, 0.15) is 22.3 Å². The summed E-state index contributed by atoms with van der Waals surface area (Å²) < 4.78 is 6.15. The monoisotopic (exact) mass is 270 g/mol. The molecule has 3 aromatic rings. The molecule has 4 heteroatoms. The Morgan fingerprint density at radius 3 is 2.84 bits per heavy atom. The molecule has 0 aliphatic rings. The SMILES string of the molecule is CC(C)c1cc(=S)nc(-c2coc3ccccc23)[nH]1. The zero-order valence-electron chi connectivity index (χ0n) is 10.8. The van der Waals surface area contributed by atoms with Crippen molar-refractivity contribution in [3.05, 3.63) is 46.9 Å². The van der Waals surface area contributed by atoms with Gasteiger partial charge in [-0.15, -0.1) is 0 Å². The molecule has 0 saturated carbocycles. The average Bonchev–Trinajstić information content (AvgIpc) is 2.81. The lowest BCUT2D eigenvalue weighted by Gasteiger charge is -2.07. The molecule has 0 unspecified atom stereocenters. The molecule has 19 heavy (non-hydrogen) atoms. The number of aromatic nitrogens is 2. The number of benzene rings is 1. The molecule has 0 bridgehead atoms. The fourth-order valence-electron chi connectivity index (χ4n) is 2.08. The van der Waals surface area contributed by atoms with Crippen LogP contribution < -0.4 is 0 Å². The summed E-state index contributed by atoms with van der Waals surface area (Å²) in [5.41, 5.74) is 2.89. The second kappa shape index (κ2) is 4.63. The van der Waals surface area contributed by atoms with E-state index in [2.05, 4.69) is 23.8 Å². The topological polar surface area (TPSA) is 41.8 Å². The Bertz CT molecular complexity index is 786. The van der Waals surface area contributed by atoms with Crippen LogP contribution in [0.5, 0.6) is 0 Å². The predicted octanol–water partition coefficient (Wildman–Crippen LogP) is 4.68. The van der Waals surface area contributed by atoms with E-state index in [9.17, 15) is 0 Å². The molecule has 0 saturated heterocycles. The van der Waals surface area contributed by atoms with Crippen LogP contribution >= 0.6 is 12.2 Å². The summed E-state index contributed by atoms with van der Waals surface area (Å²) >= 11 is 5.24. The zero-order valence-corrected chi connectivity index (χ0v) is 11.6. The van der Waals surface area contributed by atoms with Crippen molar-refractivity contribution < 1.29 is 4.42 Å². The van der Waals surface area contributed by atoms with Crippen molar-refractivity contribution in [3.8, 4) is 11.4 Å². The molecule has 3 nitrogen and oxygen atoms in total. The fraction of sp³-hybridized carbons (Fsp3) is 0.200. The van der Waals surface area contributed by atoms with Crippen molar-refractivity contribution in [2.45, 2.75) is 19.8 Å². The minimum atomic E-state index is 0.376. The molecule has 2 aromatic heterocycles. The van der Waals surface area contributed by atoms with E-state index in [4.69, 9.17) is 16.6 Å². The molecule has 0 radical (unpaired) electrons. The predicted molar refractivity (Wildman–Crippen MR) is 78.7 cm³/mol. The van der Waals surface area contributed by atoms with Crippen LogP contribution in [0.4, 0.5) is 0 Å². The Balaban J connectivity index is 2.24. The first kappa shape index (κ1) is 12.1. The quantitative estimate of drug-likeness (QED) is 0.688. The molecule has 1 aromatic carbocycles. The van der Waals surface area contributed by atoms with Crippen LogP contribution in [0.2, 0.25) is 0 Å². The van der Waals surface area contributed by atoms with Gasteiger partial charge in [0.15, 0.2) is 0 Å². The maximum Gasteiger partial charge on any atom is 0.143 e. The highest BCUT2D eigenvalue weighted by molar-refractivity contribution is 7.71. The molecule has 0 amide bonds. The number of hydrogen-bond acceptors (Lipinski definition) is 3. The fourth-order valence-corrected chi connectivity index (χ4v) is 2.29. The lowest BCUT2D eigenvalue weighted by atomic mass is 10.1. The number of aromatic amines is 1. The van der Waals surface area contributed by atoms with Gasteiger partial charge < -0.3 is 9.40 Å². The smallest absolute Gasteiger partial charge is 0.143 e. The summed E-state index contributed by atoms with van der Waals surface area (Å²) in [7, 11) is 0. The van der Waals surface area contributed by atoms with Gasteiger partial charge in [0.05, 0.1) is 5.56 Å². The van der Waals surface area contributed by atoms with E-state index in [1.807, 2.05) is 30.3 Å². The van der Waals surface area contributed by atoms with Crippen LogP contribution in [0.3, 0.4) is 0 Å². The molecule has 0 atom stereocenters. The van der Waals surface area contributed by atoms with Crippen molar-refractivity contribution in [1.82, 2.24) is 9.97 Å². The molecule has 0 aliphatic carbocycles. The van der Waals surface area contributed by atoms with Gasteiger partial charge in [0, 0.05) is 11.1 Å². The zero-order chi connectivity index (χ0) is 13.4. The molecular formula is C15H14N2OS. The number of H-pyrrole nitrogens is 1. The summed E-state index contributed by atoms with van der Waals surface area (Å²) in [5.74, 6) is 1.14.